The molecule has 0 aliphatic heterocycles. The van der Waals surface area contributed by atoms with Crippen molar-refractivity contribution < 1.29 is 14.3 Å². The van der Waals surface area contributed by atoms with Gasteiger partial charge in [0.05, 0.1) is 19.0 Å². The summed E-state index contributed by atoms with van der Waals surface area (Å²) in [7, 11) is 5.33. The van der Waals surface area contributed by atoms with Crippen LogP contribution >= 0.6 is 0 Å². The minimum atomic E-state index is -0.270. The number of aromatic nitrogens is 2. The normalized spacial score (nSPS) is 14.5. The Balaban J connectivity index is 1.70. The highest BCUT2D eigenvalue weighted by Gasteiger charge is 2.25. The quantitative estimate of drug-likeness (QED) is 0.832. The Morgan fingerprint density at radius 3 is 2.60 bits per heavy atom. The smallest absolute Gasteiger partial charge is 0.410 e. The van der Waals surface area contributed by atoms with Gasteiger partial charge >= 0.3 is 6.09 Å². The molecule has 0 saturated heterocycles. The second-order valence-electron chi connectivity index (χ2n) is 6.46. The van der Waals surface area contributed by atoms with Crippen LogP contribution in [-0.4, -0.2) is 41.0 Å². The monoisotopic (exact) mass is 343 g/mol. The molecule has 0 unspecified atom stereocenters. The van der Waals surface area contributed by atoms with E-state index in [2.05, 4.69) is 5.10 Å². The van der Waals surface area contributed by atoms with Crippen LogP contribution in [0.1, 0.15) is 31.4 Å². The van der Waals surface area contributed by atoms with Gasteiger partial charge in [-0.3, -0.25) is 4.68 Å². The molecular formula is C19H25N3O3. The first kappa shape index (κ1) is 17.3. The van der Waals surface area contributed by atoms with E-state index in [4.69, 9.17) is 9.47 Å². The van der Waals surface area contributed by atoms with Crippen molar-refractivity contribution in [2.24, 2.45) is 7.05 Å². The molecule has 1 aliphatic carbocycles. The van der Waals surface area contributed by atoms with Crippen molar-refractivity contribution in [3.63, 3.8) is 0 Å². The molecule has 2 aromatic rings. The van der Waals surface area contributed by atoms with E-state index in [0.717, 1.165) is 35.4 Å². The van der Waals surface area contributed by atoms with E-state index >= 15 is 0 Å². The Morgan fingerprint density at radius 2 is 1.96 bits per heavy atom. The summed E-state index contributed by atoms with van der Waals surface area (Å²) in [6.45, 7) is 0.202. The van der Waals surface area contributed by atoms with E-state index in [9.17, 15) is 4.79 Å². The van der Waals surface area contributed by atoms with Crippen LogP contribution in [0, 0.1) is 0 Å². The number of methoxy groups -OCH3 is 1. The van der Waals surface area contributed by atoms with Crippen molar-refractivity contribution in [3.05, 3.63) is 36.2 Å². The second kappa shape index (κ2) is 7.59. The standard InChI is InChI=1S/C19H25N3O3/c1-21(15-6-4-5-7-15)19(23)25-13-18-17(12-20-22(18)2)14-8-10-16(24-3)11-9-14/h8-12,15H,4-7,13H2,1-3H3. The summed E-state index contributed by atoms with van der Waals surface area (Å²) in [6, 6.07) is 8.08. The van der Waals surface area contributed by atoms with E-state index in [1.807, 2.05) is 38.4 Å². The van der Waals surface area contributed by atoms with Crippen LogP contribution in [0.5, 0.6) is 5.75 Å². The maximum absolute atomic E-state index is 12.3. The van der Waals surface area contributed by atoms with Gasteiger partial charge in [0.1, 0.15) is 12.4 Å². The fourth-order valence-corrected chi connectivity index (χ4v) is 3.32. The number of nitrogens with zero attached hydrogens (tertiary/aromatic N) is 3. The van der Waals surface area contributed by atoms with Crippen molar-refractivity contribution in [3.8, 4) is 16.9 Å². The molecule has 1 aromatic heterocycles. The van der Waals surface area contributed by atoms with Crippen LogP contribution in [0.2, 0.25) is 0 Å². The van der Waals surface area contributed by atoms with Gasteiger partial charge in [0.25, 0.3) is 0 Å². The van der Waals surface area contributed by atoms with Gasteiger partial charge in [0.15, 0.2) is 0 Å². The van der Waals surface area contributed by atoms with Gasteiger partial charge in [-0.1, -0.05) is 25.0 Å². The lowest BCUT2D eigenvalue weighted by atomic mass is 10.1. The first-order chi connectivity index (χ1) is 12.1. The summed E-state index contributed by atoms with van der Waals surface area (Å²) in [5.41, 5.74) is 2.85. The second-order valence-corrected chi connectivity index (χ2v) is 6.46. The molecule has 3 rings (SSSR count). The number of carbonyl (C=O) groups excluding carboxylic acids is 1. The van der Waals surface area contributed by atoms with Crippen molar-refractivity contribution in [2.45, 2.75) is 38.3 Å². The summed E-state index contributed by atoms with van der Waals surface area (Å²) < 4.78 is 12.5. The highest BCUT2D eigenvalue weighted by Crippen LogP contribution is 2.27. The Bertz CT molecular complexity index is 718. The van der Waals surface area contributed by atoms with Gasteiger partial charge in [0, 0.05) is 25.7 Å². The fourth-order valence-electron chi connectivity index (χ4n) is 3.32. The maximum Gasteiger partial charge on any atom is 0.410 e. The number of hydrogen-bond acceptors (Lipinski definition) is 4. The Labute approximate surface area is 148 Å². The minimum absolute atomic E-state index is 0.202. The third-order valence-corrected chi connectivity index (χ3v) is 4.96. The van der Waals surface area contributed by atoms with Crippen molar-refractivity contribution in [2.75, 3.05) is 14.2 Å². The van der Waals surface area contributed by atoms with Crippen LogP contribution in [0.15, 0.2) is 30.5 Å². The zero-order chi connectivity index (χ0) is 17.8. The molecule has 1 heterocycles. The third-order valence-electron chi connectivity index (χ3n) is 4.96. The lowest BCUT2D eigenvalue weighted by Crippen LogP contribution is -2.35. The molecule has 6 nitrogen and oxygen atoms in total. The van der Waals surface area contributed by atoms with Gasteiger partial charge in [-0.15, -0.1) is 0 Å². The zero-order valence-electron chi connectivity index (χ0n) is 15.1. The van der Waals surface area contributed by atoms with E-state index < -0.39 is 0 Å². The number of rotatable bonds is 5. The van der Waals surface area contributed by atoms with Crippen LogP contribution in [0.4, 0.5) is 4.79 Å². The number of benzene rings is 1. The summed E-state index contributed by atoms with van der Waals surface area (Å²) in [6.07, 6.45) is 6.03. The Hall–Kier alpha value is -2.50. The molecule has 1 aromatic carbocycles. The molecule has 1 amide bonds. The van der Waals surface area contributed by atoms with Gasteiger partial charge in [-0.25, -0.2) is 4.79 Å². The lowest BCUT2D eigenvalue weighted by Gasteiger charge is -2.23. The Morgan fingerprint density at radius 1 is 1.28 bits per heavy atom. The largest absolute Gasteiger partial charge is 0.497 e. The number of amides is 1. The molecule has 1 aliphatic rings. The first-order valence-corrected chi connectivity index (χ1v) is 8.65. The van der Waals surface area contributed by atoms with E-state index in [-0.39, 0.29) is 12.7 Å². The van der Waals surface area contributed by atoms with Gasteiger partial charge < -0.3 is 14.4 Å². The molecule has 0 atom stereocenters. The number of hydrogen-bond donors (Lipinski definition) is 0. The van der Waals surface area contributed by atoms with Crippen LogP contribution in [-0.2, 0) is 18.4 Å². The number of carbonyl (C=O) groups is 1. The first-order valence-electron chi connectivity index (χ1n) is 8.65. The highest BCUT2D eigenvalue weighted by atomic mass is 16.6. The predicted molar refractivity (Wildman–Crippen MR) is 95.4 cm³/mol. The third kappa shape index (κ3) is 3.78. The van der Waals surface area contributed by atoms with Crippen molar-refractivity contribution in [1.29, 1.82) is 0 Å². The van der Waals surface area contributed by atoms with E-state index in [1.54, 1.807) is 22.9 Å². The number of ether oxygens (including phenoxy) is 2. The van der Waals surface area contributed by atoms with Crippen LogP contribution in [0.3, 0.4) is 0 Å². The molecule has 1 fully saturated rings. The van der Waals surface area contributed by atoms with Gasteiger partial charge in [-0.05, 0) is 30.5 Å². The molecule has 0 spiro atoms. The predicted octanol–water partition coefficient (Wildman–Crippen LogP) is 3.61. The van der Waals surface area contributed by atoms with Gasteiger partial charge in [0.2, 0.25) is 0 Å². The number of aryl methyl sites for hydroxylation is 1. The molecule has 6 heteroatoms. The topological polar surface area (TPSA) is 56.6 Å². The molecule has 134 valence electrons. The summed E-state index contributed by atoms with van der Waals surface area (Å²) in [4.78, 5) is 14.1. The fraction of sp³-hybridized carbons (Fsp3) is 0.474. The molecule has 0 N–H and O–H groups in total. The van der Waals surface area contributed by atoms with Crippen LogP contribution < -0.4 is 4.74 Å². The van der Waals surface area contributed by atoms with E-state index in [1.165, 1.54) is 12.8 Å². The highest BCUT2D eigenvalue weighted by molar-refractivity contribution is 5.69. The minimum Gasteiger partial charge on any atom is -0.497 e. The lowest BCUT2D eigenvalue weighted by molar-refractivity contribution is 0.0899. The average Bonchev–Trinajstić information content (AvgIpc) is 3.29. The molecule has 0 radical (unpaired) electrons. The summed E-state index contributed by atoms with van der Waals surface area (Å²) in [5.74, 6) is 0.804. The Kier molecular flexibility index (Phi) is 5.26. The van der Waals surface area contributed by atoms with Crippen molar-refractivity contribution >= 4 is 6.09 Å². The zero-order valence-corrected chi connectivity index (χ0v) is 15.1. The van der Waals surface area contributed by atoms with Crippen LogP contribution in [0.25, 0.3) is 11.1 Å². The summed E-state index contributed by atoms with van der Waals surface area (Å²) >= 11 is 0. The summed E-state index contributed by atoms with van der Waals surface area (Å²) in [5, 5.41) is 4.32. The van der Waals surface area contributed by atoms with Gasteiger partial charge in [-0.2, -0.15) is 5.10 Å². The maximum atomic E-state index is 12.3. The SMILES string of the molecule is COc1ccc(-c2cnn(C)c2COC(=O)N(C)C2CCCC2)cc1. The molecular weight excluding hydrogens is 318 g/mol. The molecule has 25 heavy (non-hydrogen) atoms. The average molecular weight is 343 g/mol. The van der Waals surface area contributed by atoms with Crippen molar-refractivity contribution in [1.82, 2.24) is 14.7 Å². The van der Waals surface area contributed by atoms with E-state index in [0.29, 0.717) is 6.04 Å². The molecule has 1 saturated carbocycles. The molecule has 0 bridgehead atoms.